The summed E-state index contributed by atoms with van der Waals surface area (Å²) in [5.74, 6) is 1.43. The van der Waals surface area contributed by atoms with Crippen LogP contribution in [0.4, 0.5) is 11.9 Å². The van der Waals surface area contributed by atoms with Gasteiger partial charge in [0.2, 0.25) is 11.9 Å². The first-order valence-corrected chi connectivity index (χ1v) is 4.49. The molecule has 1 aromatic rings. The van der Waals surface area contributed by atoms with E-state index in [-0.39, 0.29) is 17.9 Å². The number of hydrogen-bond donors (Lipinski definition) is 3. The number of rotatable bonds is 3. The number of nitrogens with one attached hydrogen (secondary N) is 1. The van der Waals surface area contributed by atoms with Crippen molar-refractivity contribution in [1.82, 2.24) is 15.0 Å². The van der Waals surface area contributed by atoms with Crippen LogP contribution in [0.2, 0.25) is 0 Å². The van der Waals surface area contributed by atoms with Gasteiger partial charge >= 0.3 is 0 Å². The maximum Gasteiger partial charge on any atom is 0.227 e. The van der Waals surface area contributed by atoms with E-state index in [1.807, 2.05) is 13.8 Å². The van der Waals surface area contributed by atoms with Crippen LogP contribution >= 0.6 is 0 Å². The molecule has 1 rings (SSSR count). The summed E-state index contributed by atoms with van der Waals surface area (Å²) < 4.78 is 0. The fourth-order valence-corrected chi connectivity index (χ4v) is 0.968. The summed E-state index contributed by atoms with van der Waals surface area (Å²) in [6.45, 7) is 4.01. The number of aromatic nitrogens is 3. The Morgan fingerprint density at radius 3 is 2.36 bits per heavy atom. The van der Waals surface area contributed by atoms with Crippen molar-refractivity contribution in [3.63, 3.8) is 0 Å². The zero-order valence-electron chi connectivity index (χ0n) is 8.65. The minimum atomic E-state index is -0.215. The highest BCUT2D eigenvalue weighted by atomic mass is 15.2. The molecule has 1 atom stereocenters. The SMILES string of the molecule is CNc1nc(N)nc([C@@H](N)C(C)C)n1. The Kier molecular flexibility index (Phi) is 3.19. The van der Waals surface area contributed by atoms with Gasteiger partial charge in [-0.05, 0) is 5.92 Å². The Morgan fingerprint density at radius 2 is 1.86 bits per heavy atom. The number of hydrogen-bond acceptors (Lipinski definition) is 6. The van der Waals surface area contributed by atoms with Crippen LogP contribution in [0, 0.1) is 5.92 Å². The highest BCUT2D eigenvalue weighted by molar-refractivity contribution is 5.30. The van der Waals surface area contributed by atoms with Crippen molar-refractivity contribution in [3.8, 4) is 0 Å². The van der Waals surface area contributed by atoms with E-state index in [2.05, 4.69) is 20.3 Å². The van der Waals surface area contributed by atoms with Gasteiger partial charge in [0.15, 0.2) is 5.82 Å². The average molecular weight is 196 g/mol. The Hall–Kier alpha value is -1.43. The van der Waals surface area contributed by atoms with Gasteiger partial charge in [0, 0.05) is 7.05 Å². The Morgan fingerprint density at radius 1 is 1.21 bits per heavy atom. The highest BCUT2D eigenvalue weighted by Crippen LogP contribution is 2.16. The topological polar surface area (TPSA) is 103 Å². The Labute approximate surface area is 83.1 Å². The molecule has 0 unspecified atom stereocenters. The van der Waals surface area contributed by atoms with Gasteiger partial charge in [-0.15, -0.1) is 0 Å². The minimum Gasteiger partial charge on any atom is -0.368 e. The third-order valence-corrected chi connectivity index (χ3v) is 1.91. The van der Waals surface area contributed by atoms with Crippen molar-refractivity contribution in [2.75, 3.05) is 18.1 Å². The van der Waals surface area contributed by atoms with Crippen LogP contribution in [0.3, 0.4) is 0 Å². The first-order valence-electron chi connectivity index (χ1n) is 4.49. The molecule has 0 aromatic carbocycles. The molecule has 6 nitrogen and oxygen atoms in total. The van der Waals surface area contributed by atoms with Gasteiger partial charge in [-0.2, -0.15) is 15.0 Å². The quantitative estimate of drug-likeness (QED) is 0.636. The van der Waals surface area contributed by atoms with Crippen molar-refractivity contribution < 1.29 is 0 Å². The third kappa shape index (κ3) is 2.29. The van der Waals surface area contributed by atoms with Crippen molar-refractivity contribution in [3.05, 3.63) is 5.82 Å². The fraction of sp³-hybridized carbons (Fsp3) is 0.625. The molecule has 0 saturated carbocycles. The van der Waals surface area contributed by atoms with Gasteiger partial charge in [0.25, 0.3) is 0 Å². The van der Waals surface area contributed by atoms with Crippen LogP contribution in [0.1, 0.15) is 25.7 Å². The van der Waals surface area contributed by atoms with Crippen LogP contribution in [0.25, 0.3) is 0 Å². The van der Waals surface area contributed by atoms with Crippen molar-refractivity contribution in [2.45, 2.75) is 19.9 Å². The molecule has 6 heteroatoms. The van der Waals surface area contributed by atoms with Gasteiger partial charge < -0.3 is 16.8 Å². The number of nitrogens with two attached hydrogens (primary N) is 2. The van der Waals surface area contributed by atoms with Gasteiger partial charge in [0.05, 0.1) is 6.04 Å². The van der Waals surface area contributed by atoms with E-state index in [1.165, 1.54) is 0 Å². The molecule has 0 aliphatic carbocycles. The molecule has 0 radical (unpaired) electrons. The van der Waals surface area contributed by atoms with E-state index in [1.54, 1.807) is 7.05 Å². The van der Waals surface area contributed by atoms with Gasteiger partial charge in [0.1, 0.15) is 0 Å². The lowest BCUT2D eigenvalue weighted by atomic mass is 10.1. The molecule has 1 aromatic heterocycles. The van der Waals surface area contributed by atoms with Gasteiger partial charge in [-0.3, -0.25) is 0 Å². The maximum atomic E-state index is 5.89. The number of nitrogen functional groups attached to an aromatic ring is 1. The van der Waals surface area contributed by atoms with Crippen molar-refractivity contribution >= 4 is 11.9 Å². The first-order chi connectivity index (χ1) is 6.54. The van der Waals surface area contributed by atoms with Crippen LogP contribution in [-0.2, 0) is 0 Å². The lowest BCUT2D eigenvalue weighted by molar-refractivity contribution is 0.490. The predicted molar refractivity (Wildman–Crippen MR) is 55.6 cm³/mol. The second-order valence-corrected chi connectivity index (χ2v) is 3.40. The molecule has 5 N–H and O–H groups in total. The lowest BCUT2D eigenvalue weighted by Gasteiger charge is -2.14. The molecule has 14 heavy (non-hydrogen) atoms. The second kappa shape index (κ2) is 4.19. The molecule has 0 spiro atoms. The molecule has 0 aliphatic rings. The largest absolute Gasteiger partial charge is 0.368 e. The Balaban J connectivity index is 3.02. The zero-order chi connectivity index (χ0) is 10.7. The maximum absolute atomic E-state index is 5.89. The van der Waals surface area contributed by atoms with E-state index < -0.39 is 0 Å². The zero-order valence-corrected chi connectivity index (χ0v) is 8.65. The third-order valence-electron chi connectivity index (χ3n) is 1.91. The standard InChI is InChI=1S/C8H16N6/c1-4(2)5(9)6-12-7(10)14-8(11-3)13-6/h4-5H,9H2,1-3H3,(H3,10,11,12,13,14)/t5-/m0/s1. The number of nitrogens with zero attached hydrogens (tertiary/aromatic N) is 3. The van der Waals surface area contributed by atoms with Crippen LogP contribution in [0.15, 0.2) is 0 Å². The molecular formula is C8H16N6. The molecule has 0 bridgehead atoms. The molecule has 0 saturated heterocycles. The highest BCUT2D eigenvalue weighted by Gasteiger charge is 2.15. The molecule has 1 heterocycles. The molecule has 0 amide bonds. The summed E-state index contributed by atoms with van der Waals surface area (Å²) in [6, 6.07) is -0.215. The van der Waals surface area contributed by atoms with Gasteiger partial charge in [-0.25, -0.2) is 0 Å². The van der Waals surface area contributed by atoms with E-state index in [9.17, 15) is 0 Å². The molecular weight excluding hydrogens is 180 g/mol. The second-order valence-electron chi connectivity index (χ2n) is 3.40. The van der Waals surface area contributed by atoms with Gasteiger partial charge in [-0.1, -0.05) is 13.8 Å². The fourth-order valence-electron chi connectivity index (χ4n) is 0.968. The van der Waals surface area contributed by atoms with Crippen molar-refractivity contribution in [1.29, 1.82) is 0 Å². The van der Waals surface area contributed by atoms with E-state index >= 15 is 0 Å². The average Bonchev–Trinajstić information content (AvgIpc) is 2.15. The van der Waals surface area contributed by atoms with E-state index in [0.29, 0.717) is 11.8 Å². The summed E-state index contributed by atoms with van der Waals surface area (Å²) in [5.41, 5.74) is 11.4. The van der Waals surface area contributed by atoms with Crippen LogP contribution in [0.5, 0.6) is 0 Å². The summed E-state index contributed by atoms with van der Waals surface area (Å²) in [4.78, 5) is 12.0. The normalized spacial score (nSPS) is 12.9. The summed E-state index contributed by atoms with van der Waals surface area (Å²) in [7, 11) is 1.72. The summed E-state index contributed by atoms with van der Waals surface area (Å²) >= 11 is 0. The first kappa shape index (κ1) is 10.6. The summed E-state index contributed by atoms with van der Waals surface area (Å²) in [5, 5.41) is 2.80. The van der Waals surface area contributed by atoms with Crippen LogP contribution < -0.4 is 16.8 Å². The smallest absolute Gasteiger partial charge is 0.227 e. The van der Waals surface area contributed by atoms with E-state index in [4.69, 9.17) is 11.5 Å². The van der Waals surface area contributed by atoms with Crippen LogP contribution in [-0.4, -0.2) is 22.0 Å². The monoisotopic (exact) mass is 196 g/mol. The molecule has 78 valence electrons. The van der Waals surface area contributed by atoms with E-state index in [0.717, 1.165) is 0 Å². The number of anilines is 2. The molecule has 0 aliphatic heterocycles. The van der Waals surface area contributed by atoms with Crippen molar-refractivity contribution in [2.24, 2.45) is 11.7 Å². The Bertz CT molecular complexity index is 311. The minimum absolute atomic E-state index is 0.190. The summed E-state index contributed by atoms with van der Waals surface area (Å²) in [6.07, 6.45) is 0. The predicted octanol–water partition coefficient (Wildman–Crippen LogP) is 0.151. The lowest BCUT2D eigenvalue weighted by Crippen LogP contribution is -2.21. The molecule has 0 fully saturated rings.